The normalized spacial score (nSPS) is 11.8. The molecule has 0 fully saturated rings. The fraction of sp³-hybridized carbons (Fsp3) is 0.500. The summed E-state index contributed by atoms with van der Waals surface area (Å²) in [5, 5.41) is 8.51. The van der Waals surface area contributed by atoms with Crippen molar-refractivity contribution in [2.75, 3.05) is 40.5 Å². The molecule has 7 nitrogen and oxygen atoms in total. The molecule has 0 saturated carbocycles. The minimum Gasteiger partial charge on any atom is -0.484 e. The molecule has 0 saturated heterocycles. The summed E-state index contributed by atoms with van der Waals surface area (Å²) in [6.07, 6.45) is -4.37. The number of alkyl halides is 3. The topological polar surface area (TPSA) is 84.0 Å². The van der Waals surface area contributed by atoms with E-state index >= 15 is 0 Å². The third-order valence-corrected chi connectivity index (χ3v) is 3.05. The van der Waals surface area contributed by atoms with Crippen LogP contribution in [0, 0.1) is 0 Å². The predicted molar refractivity (Wildman–Crippen MR) is 91.1 cm³/mol. The van der Waals surface area contributed by atoms with Gasteiger partial charge in [-0.1, -0.05) is 12.1 Å². The van der Waals surface area contributed by atoms with E-state index in [9.17, 15) is 18.0 Å². The molecule has 1 aromatic rings. The highest BCUT2D eigenvalue weighted by Crippen LogP contribution is 2.18. The van der Waals surface area contributed by atoms with E-state index in [1.807, 2.05) is 0 Å². The van der Waals surface area contributed by atoms with Crippen molar-refractivity contribution in [3.63, 3.8) is 0 Å². The Hall–Kier alpha value is -2.49. The van der Waals surface area contributed by atoms with Crippen molar-refractivity contribution in [2.45, 2.75) is 12.7 Å². The second-order valence-corrected chi connectivity index (χ2v) is 5.17. The van der Waals surface area contributed by atoms with Crippen LogP contribution in [0.2, 0.25) is 0 Å². The molecular weight excluding hydrogens is 353 g/mol. The number of guanidine groups is 1. The molecule has 0 heterocycles. The molecule has 0 aliphatic rings. The number of aliphatic imine (C=N–C) groups is 1. The zero-order valence-electron chi connectivity index (χ0n) is 14.7. The number of nitrogens with zero attached hydrogens (tertiary/aromatic N) is 1. The molecule has 26 heavy (non-hydrogen) atoms. The quantitative estimate of drug-likeness (QED) is 0.341. The minimum absolute atomic E-state index is 0.0492. The van der Waals surface area contributed by atoms with E-state index in [-0.39, 0.29) is 18.2 Å². The van der Waals surface area contributed by atoms with Gasteiger partial charge in [0.1, 0.15) is 5.75 Å². The van der Waals surface area contributed by atoms with Gasteiger partial charge >= 0.3 is 6.18 Å². The monoisotopic (exact) mass is 376 g/mol. The minimum atomic E-state index is -4.37. The molecule has 1 aromatic carbocycles. The number of hydrogen-bond acceptors (Lipinski definition) is 4. The first-order valence-corrected chi connectivity index (χ1v) is 7.82. The molecular formula is C16H23F3N4O3. The van der Waals surface area contributed by atoms with Gasteiger partial charge in [0.25, 0.3) is 0 Å². The summed E-state index contributed by atoms with van der Waals surface area (Å²) in [6, 6.07) is 6.21. The standard InChI is InChI=1S/C16H23F3N4O3/c1-20-15(23-10-14(24)21-7-8-25-2)22-9-12-3-5-13(6-4-12)26-11-16(17,18)19/h3-6H,7-11H2,1-2H3,(H,21,24)(H2,20,22,23). The van der Waals surface area contributed by atoms with E-state index in [4.69, 9.17) is 4.74 Å². The Morgan fingerprint density at radius 1 is 1.15 bits per heavy atom. The lowest BCUT2D eigenvalue weighted by molar-refractivity contribution is -0.153. The van der Waals surface area contributed by atoms with Crippen LogP contribution in [-0.2, 0) is 16.1 Å². The Balaban J connectivity index is 2.35. The Morgan fingerprint density at radius 3 is 2.42 bits per heavy atom. The van der Waals surface area contributed by atoms with Crippen molar-refractivity contribution in [1.29, 1.82) is 0 Å². The zero-order valence-corrected chi connectivity index (χ0v) is 14.7. The molecule has 0 aromatic heterocycles. The molecule has 1 rings (SSSR count). The van der Waals surface area contributed by atoms with Gasteiger partial charge in [0.05, 0.1) is 13.2 Å². The van der Waals surface area contributed by atoms with Gasteiger partial charge in [0, 0.05) is 27.2 Å². The summed E-state index contributed by atoms with van der Waals surface area (Å²) in [5.41, 5.74) is 0.817. The molecule has 0 bridgehead atoms. The largest absolute Gasteiger partial charge is 0.484 e. The highest BCUT2D eigenvalue weighted by molar-refractivity contribution is 5.86. The summed E-state index contributed by atoms with van der Waals surface area (Å²) < 4.78 is 45.8. The Labute approximate surface area is 150 Å². The summed E-state index contributed by atoms with van der Waals surface area (Å²) in [6.45, 7) is -0.0427. The van der Waals surface area contributed by atoms with Crippen LogP contribution in [0.15, 0.2) is 29.3 Å². The molecule has 0 spiro atoms. The number of hydrogen-bond donors (Lipinski definition) is 3. The summed E-state index contributed by atoms with van der Waals surface area (Å²) >= 11 is 0. The zero-order chi connectivity index (χ0) is 19.4. The van der Waals surface area contributed by atoms with Crippen LogP contribution < -0.4 is 20.7 Å². The fourth-order valence-electron chi connectivity index (χ4n) is 1.79. The van der Waals surface area contributed by atoms with E-state index in [2.05, 4.69) is 25.7 Å². The number of nitrogens with one attached hydrogen (secondary N) is 3. The van der Waals surface area contributed by atoms with Gasteiger partial charge in [-0.3, -0.25) is 9.79 Å². The van der Waals surface area contributed by atoms with Crippen LogP contribution in [0.25, 0.3) is 0 Å². The molecule has 1 amide bonds. The second kappa shape index (κ2) is 11.2. The maximum Gasteiger partial charge on any atom is 0.422 e. The van der Waals surface area contributed by atoms with E-state index in [0.717, 1.165) is 5.56 Å². The molecule has 0 aliphatic heterocycles. The second-order valence-electron chi connectivity index (χ2n) is 5.17. The van der Waals surface area contributed by atoms with Crippen LogP contribution in [0.3, 0.4) is 0 Å². The summed E-state index contributed by atoms with van der Waals surface area (Å²) in [5.74, 6) is 0.363. The molecule has 3 N–H and O–H groups in total. The lowest BCUT2D eigenvalue weighted by Crippen LogP contribution is -2.43. The van der Waals surface area contributed by atoms with Crippen LogP contribution in [0.1, 0.15) is 5.56 Å². The van der Waals surface area contributed by atoms with Gasteiger partial charge in [-0.2, -0.15) is 13.2 Å². The average Bonchev–Trinajstić information content (AvgIpc) is 2.60. The first-order chi connectivity index (χ1) is 12.3. The fourth-order valence-corrected chi connectivity index (χ4v) is 1.79. The number of methoxy groups -OCH3 is 1. The number of halogens is 3. The van der Waals surface area contributed by atoms with Crippen molar-refractivity contribution >= 4 is 11.9 Å². The number of ether oxygens (including phenoxy) is 2. The Kier molecular flexibility index (Phi) is 9.27. The SMILES string of the molecule is CN=C(NCC(=O)NCCOC)NCc1ccc(OCC(F)(F)F)cc1. The predicted octanol–water partition coefficient (Wildman–Crippen LogP) is 1.06. The van der Waals surface area contributed by atoms with Crippen LogP contribution in [0.4, 0.5) is 13.2 Å². The summed E-state index contributed by atoms with van der Waals surface area (Å²) in [4.78, 5) is 15.6. The van der Waals surface area contributed by atoms with Crippen molar-refractivity contribution in [1.82, 2.24) is 16.0 Å². The molecule has 0 unspecified atom stereocenters. The lowest BCUT2D eigenvalue weighted by atomic mass is 10.2. The number of benzene rings is 1. The van der Waals surface area contributed by atoms with Crippen molar-refractivity contribution < 1.29 is 27.4 Å². The third kappa shape index (κ3) is 9.72. The van der Waals surface area contributed by atoms with Crippen LogP contribution in [-0.4, -0.2) is 58.5 Å². The summed E-state index contributed by atoms with van der Waals surface area (Å²) in [7, 11) is 3.11. The lowest BCUT2D eigenvalue weighted by Gasteiger charge is -2.13. The van der Waals surface area contributed by atoms with Crippen LogP contribution >= 0.6 is 0 Å². The number of amides is 1. The van der Waals surface area contributed by atoms with E-state index in [1.165, 1.54) is 12.1 Å². The third-order valence-electron chi connectivity index (χ3n) is 3.05. The van der Waals surface area contributed by atoms with Crippen molar-refractivity contribution in [3.05, 3.63) is 29.8 Å². The number of carbonyl (C=O) groups is 1. The molecule has 0 atom stereocenters. The molecule has 146 valence electrons. The number of rotatable bonds is 9. The molecule has 10 heteroatoms. The highest BCUT2D eigenvalue weighted by atomic mass is 19.4. The van der Waals surface area contributed by atoms with E-state index < -0.39 is 12.8 Å². The van der Waals surface area contributed by atoms with Gasteiger partial charge in [-0.15, -0.1) is 0 Å². The van der Waals surface area contributed by atoms with Gasteiger partial charge < -0.3 is 25.4 Å². The number of carbonyl (C=O) groups excluding carboxylic acids is 1. The van der Waals surface area contributed by atoms with Crippen LogP contribution in [0.5, 0.6) is 5.75 Å². The average molecular weight is 376 g/mol. The van der Waals surface area contributed by atoms with Gasteiger partial charge in [-0.05, 0) is 17.7 Å². The van der Waals surface area contributed by atoms with Gasteiger partial charge in [0.15, 0.2) is 12.6 Å². The Bertz CT molecular complexity index is 577. The van der Waals surface area contributed by atoms with Crippen molar-refractivity contribution in [2.24, 2.45) is 4.99 Å². The van der Waals surface area contributed by atoms with Gasteiger partial charge in [0.2, 0.25) is 5.91 Å². The van der Waals surface area contributed by atoms with E-state index in [0.29, 0.717) is 25.7 Å². The maximum absolute atomic E-state index is 12.1. The maximum atomic E-state index is 12.1. The smallest absolute Gasteiger partial charge is 0.422 e. The first kappa shape index (κ1) is 21.6. The Morgan fingerprint density at radius 2 is 1.85 bits per heavy atom. The van der Waals surface area contributed by atoms with Crippen molar-refractivity contribution in [3.8, 4) is 5.75 Å². The van der Waals surface area contributed by atoms with E-state index in [1.54, 1.807) is 26.3 Å². The highest BCUT2D eigenvalue weighted by Gasteiger charge is 2.28. The molecule has 0 radical (unpaired) electrons. The first-order valence-electron chi connectivity index (χ1n) is 7.82. The molecule has 0 aliphatic carbocycles. The van der Waals surface area contributed by atoms with Gasteiger partial charge in [-0.25, -0.2) is 0 Å².